The third kappa shape index (κ3) is 6.89. The van der Waals surface area contributed by atoms with Crippen molar-refractivity contribution in [2.75, 3.05) is 0 Å². The van der Waals surface area contributed by atoms with Gasteiger partial charge in [0.25, 0.3) is 0 Å². The van der Waals surface area contributed by atoms with Crippen LogP contribution in [-0.4, -0.2) is 17.6 Å². The Bertz CT molecular complexity index is 232. The molecule has 0 heterocycles. The van der Waals surface area contributed by atoms with Crippen molar-refractivity contribution in [3.63, 3.8) is 0 Å². The number of carbonyl (C=O) groups is 1. The van der Waals surface area contributed by atoms with E-state index in [9.17, 15) is 4.79 Å². The highest BCUT2D eigenvalue weighted by atomic mass is 35.5. The second kappa shape index (κ2) is 7.22. The van der Waals surface area contributed by atoms with E-state index in [1.807, 2.05) is 20.8 Å². The predicted octanol–water partition coefficient (Wildman–Crippen LogP) is 3.05. The van der Waals surface area contributed by atoms with Gasteiger partial charge in [0.1, 0.15) is 11.6 Å². The van der Waals surface area contributed by atoms with Crippen molar-refractivity contribution in [1.29, 1.82) is 0 Å². The van der Waals surface area contributed by atoms with Crippen molar-refractivity contribution in [2.24, 2.45) is 11.7 Å². The van der Waals surface area contributed by atoms with Crippen LogP contribution >= 0.6 is 12.4 Å². The summed E-state index contributed by atoms with van der Waals surface area (Å²) in [6, 6.07) is -0.442. The van der Waals surface area contributed by atoms with Gasteiger partial charge in [-0.3, -0.25) is 4.79 Å². The molecular weight excluding hydrogens is 238 g/mol. The van der Waals surface area contributed by atoms with Crippen LogP contribution in [0, 0.1) is 5.92 Å². The van der Waals surface area contributed by atoms with Gasteiger partial charge in [-0.05, 0) is 33.1 Å². The minimum atomic E-state index is -0.442. The van der Waals surface area contributed by atoms with Crippen LogP contribution < -0.4 is 5.73 Å². The average molecular weight is 264 g/mol. The highest BCUT2D eigenvalue weighted by Gasteiger charge is 2.25. The number of esters is 1. The van der Waals surface area contributed by atoms with Gasteiger partial charge in [-0.2, -0.15) is 0 Å². The lowest BCUT2D eigenvalue weighted by atomic mass is 9.85. The quantitative estimate of drug-likeness (QED) is 0.797. The van der Waals surface area contributed by atoms with Crippen molar-refractivity contribution in [2.45, 2.75) is 70.9 Å². The maximum atomic E-state index is 11.7. The molecule has 4 heteroatoms. The first-order valence-corrected chi connectivity index (χ1v) is 6.37. The standard InChI is InChI=1S/C13H25NO2.ClH/c1-13(2,3)16-12(15)11(14)9-10-7-5-4-6-8-10;/h10-11H,4-9,14H2,1-3H3;1H/t11-;/m0./s1. The summed E-state index contributed by atoms with van der Waals surface area (Å²) in [6.07, 6.45) is 7.12. The largest absolute Gasteiger partial charge is 0.459 e. The summed E-state index contributed by atoms with van der Waals surface area (Å²) < 4.78 is 5.28. The zero-order chi connectivity index (χ0) is 12.2. The molecule has 17 heavy (non-hydrogen) atoms. The lowest BCUT2D eigenvalue weighted by molar-refractivity contribution is -0.157. The highest BCUT2D eigenvalue weighted by Crippen LogP contribution is 2.27. The second-order valence-corrected chi connectivity index (χ2v) is 5.88. The molecule has 1 aliphatic rings. The first-order valence-electron chi connectivity index (χ1n) is 6.37. The summed E-state index contributed by atoms with van der Waals surface area (Å²) in [5.74, 6) is 0.370. The summed E-state index contributed by atoms with van der Waals surface area (Å²) >= 11 is 0. The van der Waals surface area contributed by atoms with Crippen LogP contribution in [0.2, 0.25) is 0 Å². The van der Waals surface area contributed by atoms with E-state index in [1.54, 1.807) is 0 Å². The maximum absolute atomic E-state index is 11.7. The minimum Gasteiger partial charge on any atom is -0.459 e. The Hall–Kier alpha value is -0.280. The number of hydrogen-bond acceptors (Lipinski definition) is 3. The Morgan fingerprint density at radius 2 is 1.82 bits per heavy atom. The molecule has 1 aliphatic carbocycles. The van der Waals surface area contributed by atoms with E-state index in [-0.39, 0.29) is 18.4 Å². The normalized spacial score (nSPS) is 19.3. The Morgan fingerprint density at radius 3 is 2.29 bits per heavy atom. The smallest absolute Gasteiger partial charge is 0.323 e. The number of carbonyl (C=O) groups excluding carboxylic acids is 1. The van der Waals surface area contributed by atoms with E-state index < -0.39 is 11.6 Å². The molecule has 1 saturated carbocycles. The van der Waals surface area contributed by atoms with Gasteiger partial charge < -0.3 is 10.5 Å². The maximum Gasteiger partial charge on any atom is 0.323 e. The number of rotatable bonds is 3. The third-order valence-corrected chi connectivity index (χ3v) is 3.02. The first kappa shape index (κ1) is 16.7. The van der Waals surface area contributed by atoms with Crippen LogP contribution in [0.1, 0.15) is 59.3 Å². The third-order valence-electron chi connectivity index (χ3n) is 3.02. The minimum absolute atomic E-state index is 0. The molecule has 0 aromatic carbocycles. The zero-order valence-corrected chi connectivity index (χ0v) is 12.0. The van der Waals surface area contributed by atoms with Crippen LogP contribution in [0.5, 0.6) is 0 Å². The SMILES string of the molecule is CC(C)(C)OC(=O)[C@@H](N)CC1CCCCC1.Cl. The molecule has 0 aliphatic heterocycles. The molecule has 1 fully saturated rings. The Morgan fingerprint density at radius 1 is 1.29 bits per heavy atom. The Labute approximate surface area is 111 Å². The molecule has 2 N–H and O–H groups in total. The summed E-state index contributed by atoms with van der Waals surface area (Å²) in [5.41, 5.74) is 5.45. The van der Waals surface area contributed by atoms with Gasteiger partial charge in [-0.15, -0.1) is 12.4 Å². The molecule has 0 unspecified atom stereocenters. The molecule has 1 rings (SSSR count). The van der Waals surface area contributed by atoms with Gasteiger partial charge >= 0.3 is 5.97 Å². The molecule has 102 valence electrons. The van der Waals surface area contributed by atoms with Crippen molar-refractivity contribution >= 4 is 18.4 Å². The molecule has 1 atom stereocenters. The first-order chi connectivity index (χ1) is 7.38. The summed E-state index contributed by atoms with van der Waals surface area (Å²) in [7, 11) is 0. The summed E-state index contributed by atoms with van der Waals surface area (Å²) in [4.78, 5) is 11.7. The number of halogens is 1. The van der Waals surface area contributed by atoms with Crippen molar-refractivity contribution < 1.29 is 9.53 Å². The molecule has 0 saturated heterocycles. The molecular formula is C13H26ClNO2. The molecule has 0 aromatic rings. The van der Waals surface area contributed by atoms with Crippen molar-refractivity contribution in [3.8, 4) is 0 Å². The van der Waals surface area contributed by atoms with Crippen LogP contribution in [0.4, 0.5) is 0 Å². The predicted molar refractivity (Wildman–Crippen MR) is 72.3 cm³/mol. The molecule has 0 radical (unpaired) electrons. The molecule has 0 bridgehead atoms. The lowest BCUT2D eigenvalue weighted by Gasteiger charge is -2.26. The molecule has 3 nitrogen and oxygen atoms in total. The second-order valence-electron chi connectivity index (χ2n) is 5.88. The van der Waals surface area contributed by atoms with Gasteiger partial charge in [0.2, 0.25) is 0 Å². The fraction of sp³-hybridized carbons (Fsp3) is 0.923. The Balaban J connectivity index is 0.00000256. The summed E-state index contributed by atoms with van der Waals surface area (Å²) in [5, 5.41) is 0. The van der Waals surface area contributed by atoms with E-state index in [0.29, 0.717) is 5.92 Å². The van der Waals surface area contributed by atoms with E-state index in [4.69, 9.17) is 10.5 Å². The Kier molecular flexibility index (Phi) is 7.10. The van der Waals surface area contributed by atoms with Gasteiger partial charge in [-0.1, -0.05) is 32.1 Å². The molecule has 0 amide bonds. The van der Waals surface area contributed by atoms with Gasteiger partial charge in [0.05, 0.1) is 0 Å². The van der Waals surface area contributed by atoms with Gasteiger partial charge in [0.15, 0.2) is 0 Å². The summed E-state index contributed by atoms with van der Waals surface area (Å²) in [6.45, 7) is 5.62. The lowest BCUT2D eigenvalue weighted by Crippen LogP contribution is -2.38. The van der Waals surface area contributed by atoms with E-state index in [1.165, 1.54) is 32.1 Å². The van der Waals surface area contributed by atoms with Crippen LogP contribution in [0.3, 0.4) is 0 Å². The van der Waals surface area contributed by atoms with E-state index in [0.717, 1.165) is 6.42 Å². The van der Waals surface area contributed by atoms with Crippen LogP contribution in [0.15, 0.2) is 0 Å². The molecule has 0 aromatic heterocycles. The molecule has 0 spiro atoms. The fourth-order valence-corrected chi connectivity index (χ4v) is 2.26. The topological polar surface area (TPSA) is 52.3 Å². The number of ether oxygens (including phenoxy) is 1. The highest BCUT2D eigenvalue weighted by molar-refractivity contribution is 5.85. The average Bonchev–Trinajstić information content (AvgIpc) is 2.16. The fourth-order valence-electron chi connectivity index (χ4n) is 2.26. The van der Waals surface area contributed by atoms with Crippen molar-refractivity contribution in [3.05, 3.63) is 0 Å². The van der Waals surface area contributed by atoms with Gasteiger partial charge in [-0.25, -0.2) is 0 Å². The van der Waals surface area contributed by atoms with Crippen LogP contribution in [-0.2, 0) is 9.53 Å². The van der Waals surface area contributed by atoms with Crippen LogP contribution in [0.25, 0.3) is 0 Å². The van der Waals surface area contributed by atoms with E-state index in [2.05, 4.69) is 0 Å². The number of nitrogens with two attached hydrogens (primary N) is 1. The van der Waals surface area contributed by atoms with Crippen molar-refractivity contribution in [1.82, 2.24) is 0 Å². The van der Waals surface area contributed by atoms with E-state index >= 15 is 0 Å². The monoisotopic (exact) mass is 263 g/mol. The zero-order valence-electron chi connectivity index (χ0n) is 11.2. The number of hydrogen-bond donors (Lipinski definition) is 1. The van der Waals surface area contributed by atoms with Gasteiger partial charge in [0, 0.05) is 0 Å².